The van der Waals surface area contributed by atoms with Crippen LogP contribution in [-0.4, -0.2) is 20.2 Å². The van der Waals surface area contributed by atoms with Crippen LogP contribution in [0, 0.1) is 5.92 Å². The van der Waals surface area contributed by atoms with Gasteiger partial charge < -0.3 is 10.7 Å². The number of thiophene rings is 1. The molecule has 0 saturated carbocycles. The highest BCUT2D eigenvalue weighted by Gasteiger charge is 2.24. The second-order valence-electron chi connectivity index (χ2n) is 6.41. The summed E-state index contributed by atoms with van der Waals surface area (Å²) in [4.78, 5) is 21.2. The Morgan fingerprint density at radius 2 is 2.17 bits per heavy atom. The molecule has 7 heteroatoms. The lowest BCUT2D eigenvalue weighted by Crippen LogP contribution is -2.23. The molecule has 0 spiro atoms. The fourth-order valence-electron chi connectivity index (χ4n) is 3.11. The Kier molecular flexibility index (Phi) is 3.35. The maximum Gasteiger partial charge on any atom is 0.268 e. The molecule has 0 saturated heterocycles. The topological polar surface area (TPSA) is 100 Å². The molecule has 1 aliphatic carbocycles. The zero-order valence-corrected chi connectivity index (χ0v) is 14.0. The summed E-state index contributed by atoms with van der Waals surface area (Å²) in [6.45, 7) is 4.06. The number of fused-ring (bicyclic) bond motifs is 5. The lowest BCUT2D eigenvalue weighted by Gasteiger charge is -2.14. The molecule has 1 atom stereocenters. The van der Waals surface area contributed by atoms with Gasteiger partial charge in [0.2, 0.25) is 0 Å². The van der Waals surface area contributed by atoms with E-state index in [0.29, 0.717) is 10.5 Å². The number of nitrogens with two attached hydrogens (primary N) is 1. The molecule has 0 bridgehead atoms. The Labute approximate surface area is 137 Å². The molecule has 4 N–H and O–H groups in total. The fraction of sp³-hybridized carbons (Fsp3) is 0.438. The predicted octanol–water partition coefficient (Wildman–Crippen LogP) is 2.52. The summed E-state index contributed by atoms with van der Waals surface area (Å²) in [6.07, 6.45) is 4.79. The van der Waals surface area contributed by atoms with Crippen molar-refractivity contribution in [2.24, 2.45) is 11.7 Å². The normalized spacial score (nSPS) is 15.5. The third kappa shape index (κ3) is 2.22. The van der Waals surface area contributed by atoms with Gasteiger partial charge in [-0.1, -0.05) is 13.8 Å². The van der Waals surface area contributed by atoms with Crippen LogP contribution in [0.2, 0.25) is 0 Å². The molecular weight excluding hydrogens is 310 g/mol. The number of hydrogen-bond donors (Lipinski definition) is 3. The zero-order valence-electron chi connectivity index (χ0n) is 13.1. The number of aromatic amines is 2. The molecule has 0 unspecified atom stereocenters. The first-order chi connectivity index (χ1) is 11.1. The highest BCUT2D eigenvalue weighted by atomic mass is 32.1. The van der Waals surface area contributed by atoms with Crippen molar-refractivity contribution in [1.82, 2.24) is 20.2 Å². The Morgan fingerprint density at radius 3 is 2.96 bits per heavy atom. The van der Waals surface area contributed by atoms with Gasteiger partial charge in [0.25, 0.3) is 5.56 Å². The van der Waals surface area contributed by atoms with Crippen molar-refractivity contribution in [1.29, 1.82) is 0 Å². The van der Waals surface area contributed by atoms with E-state index in [4.69, 9.17) is 10.7 Å². The average molecular weight is 329 g/mol. The maximum absolute atomic E-state index is 12.5. The van der Waals surface area contributed by atoms with Crippen LogP contribution in [0.25, 0.3) is 20.7 Å². The fourth-order valence-corrected chi connectivity index (χ4v) is 4.33. The first kappa shape index (κ1) is 14.6. The Bertz CT molecular complexity index is 936. The van der Waals surface area contributed by atoms with Gasteiger partial charge in [0.15, 0.2) is 0 Å². The molecule has 0 amide bonds. The van der Waals surface area contributed by atoms with Gasteiger partial charge in [-0.2, -0.15) is 5.10 Å². The van der Waals surface area contributed by atoms with Gasteiger partial charge in [-0.3, -0.25) is 9.89 Å². The molecule has 0 fully saturated rings. The Morgan fingerprint density at radius 1 is 1.35 bits per heavy atom. The van der Waals surface area contributed by atoms with Crippen molar-refractivity contribution in [3.05, 3.63) is 33.6 Å². The van der Waals surface area contributed by atoms with Crippen molar-refractivity contribution >= 4 is 21.6 Å². The van der Waals surface area contributed by atoms with E-state index in [1.165, 1.54) is 11.3 Å². The van der Waals surface area contributed by atoms with E-state index >= 15 is 0 Å². The third-order valence-electron chi connectivity index (χ3n) is 4.50. The summed E-state index contributed by atoms with van der Waals surface area (Å²) in [5, 5.41) is 7.28. The van der Waals surface area contributed by atoms with Gasteiger partial charge in [-0.15, -0.1) is 11.3 Å². The van der Waals surface area contributed by atoms with Crippen LogP contribution in [-0.2, 0) is 12.8 Å². The molecule has 120 valence electrons. The minimum atomic E-state index is -0.266. The van der Waals surface area contributed by atoms with Crippen molar-refractivity contribution < 1.29 is 0 Å². The Hall–Kier alpha value is -1.99. The number of nitrogens with one attached hydrogen (secondary N) is 2. The number of aromatic nitrogens is 4. The third-order valence-corrected chi connectivity index (χ3v) is 5.75. The van der Waals surface area contributed by atoms with E-state index in [2.05, 4.69) is 15.2 Å². The van der Waals surface area contributed by atoms with Gasteiger partial charge in [-0.25, -0.2) is 4.98 Å². The maximum atomic E-state index is 12.5. The van der Waals surface area contributed by atoms with Crippen LogP contribution in [0.5, 0.6) is 0 Å². The minimum Gasteiger partial charge on any atom is -0.321 e. The second kappa shape index (κ2) is 5.28. The molecular formula is C16H19N5OS. The standard InChI is InChI=1S/C16H19N5OS/c1-7(2)11(17)15-19-12-8-4-3-5-10-9(6-18-21-10)13(8)23-14(12)16(22)20-15/h6-7,11H,3-5,17H2,1-2H3,(H,18,21)(H,19,20,22)/t11-/m1/s1. The van der Waals surface area contributed by atoms with Crippen molar-refractivity contribution in [3.63, 3.8) is 0 Å². The SMILES string of the molecule is CC(C)[C@@H](N)c1nc2c3c(sc2c(=O)[nH]1)-c1c[nH]nc1CCC3. The molecule has 3 aromatic heterocycles. The molecule has 3 aromatic rings. The van der Waals surface area contributed by atoms with E-state index in [0.717, 1.165) is 46.5 Å². The number of rotatable bonds is 2. The lowest BCUT2D eigenvalue weighted by molar-refractivity contribution is 0.491. The number of nitrogens with zero attached hydrogens (tertiary/aromatic N) is 2. The summed E-state index contributed by atoms with van der Waals surface area (Å²) in [5.74, 6) is 0.795. The number of hydrogen-bond acceptors (Lipinski definition) is 5. The first-order valence-electron chi connectivity index (χ1n) is 7.90. The summed E-state index contributed by atoms with van der Waals surface area (Å²) >= 11 is 1.51. The van der Waals surface area contributed by atoms with E-state index in [1.807, 2.05) is 20.0 Å². The van der Waals surface area contributed by atoms with Gasteiger partial charge in [-0.05, 0) is 30.7 Å². The quantitative estimate of drug-likeness (QED) is 0.672. The van der Waals surface area contributed by atoms with E-state index in [9.17, 15) is 4.79 Å². The zero-order chi connectivity index (χ0) is 16.1. The minimum absolute atomic E-state index is 0.0933. The van der Waals surface area contributed by atoms with Crippen LogP contribution in [0.3, 0.4) is 0 Å². The van der Waals surface area contributed by atoms with Gasteiger partial charge in [0, 0.05) is 16.6 Å². The summed E-state index contributed by atoms with van der Waals surface area (Å²) in [6, 6.07) is -0.266. The van der Waals surface area contributed by atoms with Crippen LogP contribution in [0.15, 0.2) is 11.0 Å². The van der Waals surface area contributed by atoms with E-state index < -0.39 is 0 Å². The van der Waals surface area contributed by atoms with Crippen LogP contribution in [0.4, 0.5) is 0 Å². The average Bonchev–Trinajstić information content (AvgIpc) is 3.08. The van der Waals surface area contributed by atoms with E-state index in [1.54, 1.807) is 0 Å². The van der Waals surface area contributed by atoms with Crippen LogP contribution in [0.1, 0.15) is 43.4 Å². The number of aryl methyl sites for hydroxylation is 2. The van der Waals surface area contributed by atoms with E-state index in [-0.39, 0.29) is 17.5 Å². The first-order valence-corrected chi connectivity index (χ1v) is 8.72. The molecule has 3 heterocycles. The van der Waals surface area contributed by atoms with Gasteiger partial charge in [0.05, 0.1) is 17.3 Å². The second-order valence-corrected chi connectivity index (χ2v) is 7.43. The molecule has 0 aromatic carbocycles. The molecule has 0 aliphatic heterocycles. The molecule has 4 rings (SSSR count). The van der Waals surface area contributed by atoms with Gasteiger partial charge >= 0.3 is 0 Å². The van der Waals surface area contributed by atoms with Gasteiger partial charge in [0.1, 0.15) is 10.5 Å². The van der Waals surface area contributed by atoms with Crippen LogP contribution < -0.4 is 11.3 Å². The number of H-pyrrole nitrogens is 2. The van der Waals surface area contributed by atoms with Crippen molar-refractivity contribution in [2.45, 2.75) is 39.2 Å². The highest BCUT2D eigenvalue weighted by molar-refractivity contribution is 7.22. The lowest BCUT2D eigenvalue weighted by atomic mass is 10.0. The smallest absolute Gasteiger partial charge is 0.268 e. The summed E-state index contributed by atoms with van der Waals surface area (Å²) in [7, 11) is 0. The Balaban J connectivity index is 1.99. The molecule has 23 heavy (non-hydrogen) atoms. The van der Waals surface area contributed by atoms with Crippen molar-refractivity contribution in [3.8, 4) is 10.4 Å². The largest absolute Gasteiger partial charge is 0.321 e. The molecule has 0 radical (unpaired) electrons. The summed E-state index contributed by atoms with van der Waals surface area (Å²) < 4.78 is 0.684. The molecule has 6 nitrogen and oxygen atoms in total. The van der Waals surface area contributed by atoms with Crippen molar-refractivity contribution in [2.75, 3.05) is 0 Å². The monoisotopic (exact) mass is 329 g/mol. The highest BCUT2D eigenvalue weighted by Crippen LogP contribution is 2.40. The predicted molar refractivity (Wildman–Crippen MR) is 91.6 cm³/mol. The summed E-state index contributed by atoms with van der Waals surface area (Å²) in [5.41, 5.74) is 10.3. The van der Waals surface area contributed by atoms with Crippen LogP contribution >= 0.6 is 11.3 Å². The molecule has 1 aliphatic rings.